The van der Waals surface area contributed by atoms with Crippen molar-refractivity contribution in [2.24, 2.45) is 0 Å². The number of methoxy groups -OCH3 is 1. The van der Waals surface area contributed by atoms with Crippen molar-refractivity contribution in [2.75, 3.05) is 13.7 Å². The molecular weight excluding hydrogens is 526 g/mol. The quantitative estimate of drug-likeness (QED) is 0.205. The van der Waals surface area contributed by atoms with Gasteiger partial charge in [0.1, 0.15) is 12.6 Å². The van der Waals surface area contributed by atoms with Crippen LogP contribution in [0, 0.1) is 0 Å². The molecule has 1 amide bonds. The SMILES string of the molecule is COC(=O)[C@H](Cc1cnc[nH]1)NC(=O)[C@H](OC(C)=O)[C@@H](OC(C)=O)[C@H](OC(C)=O)[C@@H](COC(C)=O)OC(C)=O. The monoisotopic (exact) mass is 557 g/mol. The van der Waals surface area contributed by atoms with Crippen molar-refractivity contribution in [3.63, 3.8) is 0 Å². The minimum absolute atomic E-state index is 0.126. The molecule has 1 heterocycles. The molecule has 0 bridgehead atoms. The van der Waals surface area contributed by atoms with Crippen molar-refractivity contribution in [3.8, 4) is 0 Å². The predicted molar refractivity (Wildman–Crippen MR) is 125 cm³/mol. The fourth-order valence-corrected chi connectivity index (χ4v) is 3.30. The van der Waals surface area contributed by atoms with Gasteiger partial charge in [0, 0.05) is 52.9 Å². The molecule has 1 aromatic heterocycles. The molecule has 16 nitrogen and oxygen atoms in total. The Morgan fingerprint density at radius 3 is 1.85 bits per heavy atom. The fraction of sp³-hybridized carbons (Fsp3) is 0.565. The number of esters is 6. The molecule has 16 heteroatoms. The maximum absolute atomic E-state index is 13.4. The van der Waals surface area contributed by atoms with Crippen molar-refractivity contribution in [3.05, 3.63) is 18.2 Å². The molecule has 0 spiro atoms. The molecule has 0 aliphatic heterocycles. The summed E-state index contributed by atoms with van der Waals surface area (Å²) in [5, 5.41) is 2.34. The summed E-state index contributed by atoms with van der Waals surface area (Å²) in [5.41, 5.74) is 0.431. The Labute approximate surface area is 223 Å². The molecule has 1 rings (SSSR count). The minimum Gasteiger partial charge on any atom is -0.467 e. The van der Waals surface area contributed by atoms with Gasteiger partial charge in [0.25, 0.3) is 5.91 Å². The Morgan fingerprint density at radius 2 is 1.38 bits per heavy atom. The van der Waals surface area contributed by atoms with E-state index < -0.39 is 78.8 Å². The Bertz CT molecular complexity index is 1040. The Balaban J connectivity index is 3.55. The van der Waals surface area contributed by atoms with Crippen LogP contribution in [0.5, 0.6) is 0 Å². The number of hydrogen-bond acceptors (Lipinski definition) is 14. The van der Waals surface area contributed by atoms with Crippen LogP contribution in [-0.2, 0) is 68.4 Å². The summed E-state index contributed by atoms with van der Waals surface area (Å²) in [4.78, 5) is 91.6. The zero-order valence-corrected chi connectivity index (χ0v) is 22.2. The number of H-pyrrole nitrogens is 1. The average Bonchev–Trinajstić information content (AvgIpc) is 3.34. The smallest absolute Gasteiger partial charge is 0.328 e. The average molecular weight is 558 g/mol. The van der Waals surface area contributed by atoms with Gasteiger partial charge in [0.15, 0.2) is 18.3 Å². The van der Waals surface area contributed by atoms with E-state index in [1.165, 1.54) is 12.5 Å². The molecule has 0 aromatic carbocycles. The van der Waals surface area contributed by atoms with Gasteiger partial charge in [-0.05, 0) is 0 Å². The second-order valence-electron chi connectivity index (χ2n) is 7.99. The van der Waals surface area contributed by atoms with Gasteiger partial charge in [-0.1, -0.05) is 0 Å². The highest BCUT2D eigenvalue weighted by atomic mass is 16.6. The lowest BCUT2D eigenvalue weighted by atomic mass is 10.0. The molecule has 39 heavy (non-hydrogen) atoms. The highest BCUT2D eigenvalue weighted by molar-refractivity contribution is 5.89. The number of imidazole rings is 1. The normalized spacial score (nSPS) is 14.3. The summed E-state index contributed by atoms with van der Waals surface area (Å²) < 4.78 is 30.3. The van der Waals surface area contributed by atoms with Crippen LogP contribution < -0.4 is 5.32 Å². The number of nitrogens with zero attached hydrogens (tertiary/aromatic N) is 1. The number of aromatic nitrogens is 2. The van der Waals surface area contributed by atoms with Crippen LogP contribution in [0.4, 0.5) is 0 Å². The number of ether oxygens (including phenoxy) is 6. The van der Waals surface area contributed by atoms with Crippen molar-refractivity contribution < 1.29 is 62.0 Å². The number of amides is 1. The second kappa shape index (κ2) is 15.7. The van der Waals surface area contributed by atoms with Gasteiger partial charge in [-0.25, -0.2) is 9.78 Å². The summed E-state index contributed by atoms with van der Waals surface area (Å²) in [6, 6.07) is -1.34. The first kappa shape index (κ1) is 32.5. The van der Waals surface area contributed by atoms with E-state index in [2.05, 4.69) is 15.3 Å². The second-order valence-corrected chi connectivity index (χ2v) is 7.99. The summed E-state index contributed by atoms with van der Waals surface area (Å²) in [6.45, 7) is 4.21. The minimum atomic E-state index is -2.06. The van der Waals surface area contributed by atoms with Crippen LogP contribution in [-0.4, -0.2) is 95.9 Å². The number of rotatable bonds is 14. The number of carbonyl (C=O) groups is 7. The molecule has 2 N–H and O–H groups in total. The number of hydrogen-bond donors (Lipinski definition) is 2. The number of carbonyl (C=O) groups excluding carboxylic acids is 7. The van der Waals surface area contributed by atoms with E-state index in [1.54, 1.807) is 0 Å². The number of aromatic amines is 1. The zero-order valence-electron chi connectivity index (χ0n) is 22.2. The van der Waals surface area contributed by atoms with Crippen molar-refractivity contribution in [1.82, 2.24) is 15.3 Å². The van der Waals surface area contributed by atoms with Gasteiger partial charge in [-0.15, -0.1) is 0 Å². The van der Waals surface area contributed by atoms with Gasteiger partial charge < -0.3 is 38.7 Å². The van der Waals surface area contributed by atoms with E-state index in [4.69, 9.17) is 28.4 Å². The van der Waals surface area contributed by atoms with Crippen LogP contribution in [0.15, 0.2) is 12.5 Å². The van der Waals surface area contributed by atoms with Crippen molar-refractivity contribution in [1.29, 1.82) is 0 Å². The topological polar surface area (TPSA) is 216 Å². The van der Waals surface area contributed by atoms with Crippen molar-refractivity contribution >= 4 is 41.7 Å². The molecule has 0 saturated carbocycles. The third kappa shape index (κ3) is 11.6. The molecule has 0 radical (unpaired) electrons. The summed E-state index contributed by atoms with van der Waals surface area (Å²) in [7, 11) is 1.08. The van der Waals surface area contributed by atoms with Crippen LogP contribution in [0.2, 0.25) is 0 Å². The molecule has 216 valence electrons. The first-order valence-electron chi connectivity index (χ1n) is 11.4. The lowest BCUT2D eigenvalue weighted by molar-refractivity contribution is -0.203. The maximum atomic E-state index is 13.4. The van der Waals surface area contributed by atoms with Gasteiger partial charge in [-0.2, -0.15) is 0 Å². The first-order chi connectivity index (χ1) is 18.2. The van der Waals surface area contributed by atoms with Gasteiger partial charge in [-0.3, -0.25) is 28.8 Å². The van der Waals surface area contributed by atoms with Crippen molar-refractivity contribution in [2.45, 2.75) is 71.5 Å². The molecule has 0 unspecified atom stereocenters. The first-order valence-corrected chi connectivity index (χ1v) is 11.4. The third-order valence-electron chi connectivity index (χ3n) is 4.69. The zero-order chi connectivity index (χ0) is 29.7. The Morgan fingerprint density at radius 1 is 0.821 bits per heavy atom. The Kier molecular flexibility index (Phi) is 13.1. The molecule has 1 aromatic rings. The molecule has 5 atom stereocenters. The fourth-order valence-electron chi connectivity index (χ4n) is 3.30. The van der Waals surface area contributed by atoms with E-state index in [0.29, 0.717) is 5.69 Å². The standard InChI is InChI=1S/C23H31N3O13/c1-11(27)35-9-18(36-12(2)28)19(37-13(3)29)20(38-14(4)30)21(39-15(5)31)22(32)26-17(23(33)34-6)7-16-8-24-10-25-16/h8,10,17-21H,7,9H2,1-6H3,(H,24,25)(H,26,32)/t17-,18+,19+,20-,21+/m0/s1. The predicted octanol–water partition coefficient (Wildman–Crippen LogP) is -1.10. The highest BCUT2D eigenvalue weighted by Crippen LogP contribution is 2.21. The van der Waals surface area contributed by atoms with Crippen LogP contribution in [0.3, 0.4) is 0 Å². The summed E-state index contributed by atoms with van der Waals surface area (Å²) in [6.07, 6.45) is -4.84. The van der Waals surface area contributed by atoms with E-state index >= 15 is 0 Å². The molecule has 0 saturated heterocycles. The summed E-state index contributed by atoms with van der Waals surface area (Å²) >= 11 is 0. The lowest BCUT2D eigenvalue weighted by Crippen LogP contribution is -2.59. The highest BCUT2D eigenvalue weighted by Gasteiger charge is 2.47. The Hall–Kier alpha value is -4.50. The van der Waals surface area contributed by atoms with Crippen LogP contribution in [0.25, 0.3) is 0 Å². The number of nitrogens with one attached hydrogen (secondary N) is 2. The van der Waals surface area contributed by atoms with E-state index in [9.17, 15) is 33.6 Å². The van der Waals surface area contributed by atoms with Crippen LogP contribution in [0.1, 0.15) is 40.3 Å². The molecule has 0 fully saturated rings. The van der Waals surface area contributed by atoms with E-state index in [1.807, 2.05) is 0 Å². The summed E-state index contributed by atoms with van der Waals surface area (Å²) in [5.74, 6) is -6.79. The molecule has 0 aliphatic rings. The van der Waals surface area contributed by atoms with Crippen LogP contribution >= 0.6 is 0 Å². The van der Waals surface area contributed by atoms with E-state index in [-0.39, 0.29) is 6.42 Å². The molecule has 0 aliphatic carbocycles. The largest absolute Gasteiger partial charge is 0.467 e. The van der Waals surface area contributed by atoms with E-state index in [0.717, 1.165) is 41.7 Å². The van der Waals surface area contributed by atoms with Gasteiger partial charge in [0.05, 0.1) is 13.4 Å². The maximum Gasteiger partial charge on any atom is 0.328 e. The van der Waals surface area contributed by atoms with Gasteiger partial charge in [0.2, 0.25) is 6.10 Å². The van der Waals surface area contributed by atoms with Gasteiger partial charge >= 0.3 is 35.8 Å². The third-order valence-corrected chi connectivity index (χ3v) is 4.69. The molecular formula is C23H31N3O13. The lowest BCUT2D eigenvalue weighted by Gasteiger charge is -2.35.